The van der Waals surface area contributed by atoms with Crippen LogP contribution in [0.1, 0.15) is 18.4 Å². The third kappa shape index (κ3) is 2.63. The Hall–Kier alpha value is -1.95. The molecule has 1 amide bonds. The number of aliphatic carboxylic acids is 1. The van der Waals surface area contributed by atoms with Crippen molar-refractivity contribution in [2.75, 3.05) is 0 Å². The van der Waals surface area contributed by atoms with Crippen molar-refractivity contribution >= 4 is 11.9 Å². The molecule has 0 spiro atoms. The first-order valence-electron chi connectivity index (χ1n) is 6.95. The molecule has 3 rings (SSSR count). The predicted octanol–water partition coefficient (Wildman–Crippen LogP) is -0.0146. The Morgan fingerprint density at radius 2 is 1.81 bits per heavy atom. The van der Waals surface area contributed by atoms with Crippen molar-refractivity contribution < 1.29 is 23.8 Å². The fourth-order valence-electron chi connectivity index (χ4n) is 3.22. The van der Waals surface area contributed by atoms with Gasteiger partial charge >= 0.3 is 0 Å². The van der Waals surface area contributed by atoms with Gasteiger partial charge in [-0.15, -0.1) is 0 Å². The smallest absolute Gasteiger partial charge is 0.226 e. The maximum absolute atomic E-state index is 12.8. The molecule has 6 heteroatoms. The molecule has 4 atom stereocenters. The van der Waals surface area contributed by atoms with E-state index in [4.69, 9.17) is 4.74 Å². The van der Waals surface area contributed by atoms with E-state index in [1.165, 1.54) is 12.1 Å². The number of carbonyl (C=O) groups excluding carboxylic acids is 2. The van der Waals surface area contributed by atoms with E-state index >= 15 is 0 Å². The van der Waals surface area contributed by atoms with Gasteiger partial charge < -0.3 is 20.0 Å². The van der Waals surface area contributed by atoms with E-state index in [0.717, 1.165) is 5.56 Å². The Balaban J connectivity index is 1.64. The molecule has 2 fully saturated rings. The maximum atomic E-state index is 12.8. The van der Waals surface area contributed by atoms with Crippen LogP contribution in [0.15, 0.2) is 24.3 Å². The van der Waals surface area contributed by atoms with Crippen LogP contribution in [0.3, 0.4) is 0 Å². The van der Waals surface area contributed by atoms with Crippen molar-refractivity contribution in [2.24, 2.45) is 11.8 Å². The number of hydrogen-bond donors (Lipinski definition) is 1. The average molecular weight is 292 g/mol. The van der Waals surface area contributed by atoms with E-state index in [1.54, 1.807) is 12.1 Å². The number of rotatable bonds is 4. The number of carbonyl (C=O) groups is 2. The van der Waals surface area contributed by atoms with Crippen LogP contribution in [-0.4, -0.2) is 24.1 Å². The lowest BCUT2D eigenvalue weighted by Gasteiger charge is -2.27. The lowest BCUT2D eigenvalue weighted by molar-refractivity contribution is -0.314. The van der Waals surface area contributed by atoms with Gasteiger partial charge in [-0.2, -0.15) is 0 Å². The Morgan fingerprint density at radius 1 is 1.19 bits per heavy atom. The van der Waals surface area contributed by atoms with Gasteiger partial charge in [-0.1, -0.05) is 12.1 Å². The highest BCUT2D eigenvalue weighted by Crippen LogP contribution is 2.43. The minimum absolute atomic E-state index is 0.229. The largest absolute Gasteiger partial charge is 0.550 e. The molecule has 2 saturated heterocycles. The molecule has 1 aromatic carbocycles. The summed E-state index contributed by atoms with van der Waals surface area (Å²) in [7, 11) is 0. The summed E-state index contributed by atoms with van der Waals surface area (Å²) in [6.45, 7) is 0.229. The Morgan fingerprint density at radius 3 is 2.43 bits per heavy atom. The standard InChI is InChI=1S/C15H16FNO4/c16-9-3-1-8(2-4-9)7-17-14(18)12-10-5-6-11(21-10)13(12)15(19)20/h1-4,10-13H,5-7H2,(H,17,18)(H,19,20)/p-1/t10-,11+,12+,13-/m1/s1. The molecule has 2 aliphatic rings. The van der Waals surface area contributed by atoms with E-state index in [2.05, 4.69) is 5.32 Å². The number of benzene rings is 1. The first-order valence-corrected chi connectivity index (χ1v) is 6.95. The molecule has 1 aromatic rings. The fraction of sp³-hybridized carbons (Fsp3) is 0.467. The SMILES string of the molecule is O=C(NCc1ccc(F)cc1)[C@@H]1[C@H](C(=O)[O-])[C@@H]2CC[C@H]1O2. The predicted molar refractivity (Wildman–Crippen MR) is 68.1 cm³/mol. The molecular formula is C15H15FNO4-. The van der Waals surface area contributed by atoms with Crippen LogP contribution >= 0.6 is 0 Å². The number of amides is 1. The van der Waals surface area contributed by atoms with Crippen LogP contribution in [-0.2, 0) is 20.9 Å². The molecule has 2 heterocycles. The van der Waals surface area contributed by atoms with Crippen LogP contribution in [0.4, 0.5) is 4.39 Å². The van der Waals surface area contributed by atoms with Crippen molar-refractivity contribution in [3.8, 4) is 0 Å². The Labute approximate surface area is 121 Å². The van der Waals surface area contributed by atoms with Gasteiger partial charge in [-0.25, -0.2) is 4.39 Å². The van der Waals surface area contributed by atoms with Gasteiger partial charge in [0.05, 0.1) is 18.1 Å². The van der Waals surface area contributed by atoms with Gasteiger partial charge in [0.15, 0.2) is 0 Å². The summed E-state index contributed by atoms with van der Waals surface area (Å²) in [6.07, 6.45) is 0.599. The molecule has 0 unspecified atom stereocenters. The van der Waals surface area contributed by atoms with Crippen molar-refractivity contribution in [1.82, 2.24) is 5.32 Å². The zero-order valence-electron chi connectivity index (χ0n) is 11.3. The molecule has 2 aliphatic heterocycles. The fourth-order valence-corrected chi connectivity index (χ4v) is 3.22. The molecule has 112 valence electrons. The highest BCUT2D eigenvalue weighted by molar-refractivity contribution is 5.86. The lowest BCUT2D eigenvalue weighted by atomic mass is 9.78. The summed E-state index contributed by atoms with van der Waals surface area (Å²) < 4.78 is 18.3. The number of ether oxygens (including phenoxy) is 1. The normalized spacial score (nSPS) is 30.3. The molecule has 0 aromatic heterocycles. The molecule has 2 bridgehead atoms. The summed E-state index contributed by atoms with van der Waals surface area (Å²) in [6, 6.07) is 5.77. The van der Waals surface area contributed by atoms with Crippen LogP contribution < -0.4 is 10.4 Å². The third-order valence-corrected chi connectivity index (χ3v) is 4.23. The summed E-state index contributed by atoms with van der Waals surface area (Å²) in [5.41, 5.74) is 0.749. The van der Waals surface area contributed by atoms with E-state index in [0.29, 0.717) is 12.8 Å². The zero-order chi connectivity index (χ0) is 15.0. The maximum Gasteiger partial charge on any atom is 0.226 e. The van der Waals surface area contributed by atoms with Crippen molar-refractivity contribution in [3.63, 3.8) is 0 Å². The van der Waals surface area contributed by atoms with E-state index in [9.17, 15) is 19.1 Å². The van der Waals surface area contributed by atoms with Crippen molar-refractivity contribution in [1.29, 1.82) is 0 Å². The molecule has 0 saturated carbocycles. The number of fused-ring (bicyclic) bond motifs is 2. The zero-order valence-corrected chi connectivity index (χ0v) is 11.3. The van der Waals surface area contributed by atoms with Gasteiger partial charge in [0.25, 0.3) is 0 Å². The Kier molecular flexibility index (Phi) is 3.63. The van der Waals surface area contributed by atoms with E-state index in [1.807, 2.05) is 0 Å². The summed E-state index contributed by atoms with van der Waals surface area (Å²) in [5.74, 6) is -3.50. The van der Waals surface area contributed by atoms with Gasteiger partial charge in [0, 0.05) is 18.4 Å². The topological polar surface area (TPSA) is 78.5 Å². The highest BCUT2D eigenvalue weighted by atomic mass is 19.1. The molecule has 1 N–H and O–H groups in total. The summed E-state index contributed by atoms with van der Waals surface area (Å²) in [4.78, 5) is 23.4. The van der Waals surface area contributed by atoms with Crippen LogP contribution in [0.25, 0.3) is 0 Å². The minimum Gasteiger partial charge on any atom is -0.550 e. The number of nitrogens with one attached hydrogen (secondary N) is 1. The van der Waals surface area contributed by atoms with E-state index in [-0.39, 0.29) is 24.4 Å². The van der Waals surface area contributed by atoms with Gasteiger partial charge in [0.2, 0.25) is 5.91 Å². The monoisotopic (exact) mass is 292 g/mol. The minimum atomic E-state index is -1.23. The van der Waals surface area contributed by atoms with Gasteiger partial charge in [0.1, 0.15) is 5.82 Å². The van der Waals surface area contributed by atoms with E-state index < -0.39 is 23.9 Å². The third-order valence-electron chi connectivity index (χ3n) is 4.23. The Bertz CT molecular complexity index is 559. The average Bonchev–Trinajstić information content (AvgIpc) is 3.06. The first-order chi connectivity index (χ1) is 10.1. The van der Waals surface area contributed by atoms with Crippen LogP contribution in [0.2, 0.25) is 0 Å². The molecule has 0 radical (unpaired) electrons. The molecular weight excluding hydrogens is 277 g/mol. The van der Waals surface area contributed by atoms with Gasteiger partial charge in [-0.3, -0.25) is 4.79 Å². The first kappa shape index (κ1) is 14.0. The van der Waals surface area contributed by atoms with Crippen molar-refractivity contribution in [3.05, 3.63) is 35.6 Å². The molecule has 0 aliphatic carbocycles. The van der Waals surface area contributed by atoms with Crippen LogP contribution in [0, 0.1) is 17.7 Å². The number of carboxylic acid groups (broad SMARTS) is 1. The highest BCUT2D eigenvalue weighted by Gasteiger charge is 2.52. The second kappa shape index (κ2) is 5.44. The number of halogens is 1. The quantitative estimate of drug-likeness (QED) is 0.846. The van der Waals surface area contributed by atoms with Crippen LogP contribution in [0.5, 0.6) is 0 Å². The number of hydrogen-bond acceptors (Lipinski definition) is 4. The number of carboxylic acids is 1. The summed E-state index contributed by atoms with van der Waals surface area (Å²) in [5, 5.41) is 13.9. The summed E-state index contributed by atoms with van der Waals surface area (Å²) >= 11 is 0. The lowest BCUT2D eigenvalue weighted by Crippen LogP contribution is -2.48. The molecule has 21 heavy (non-hydrogen) atoms. The second-order valence-corrected chi connectivity index (χ2v) is 5.51. The van der Waals surface area contributed by atoms with Gasteiger partial charge in [-0.05, 0) is 30.5 Å². The van der Waals surface area contributed by atoms with Crippen molar-refractivity contribution in [2.45, 2.75) is 31.6 Å². The second-order valence-electron chi connectivity index (χ2n) is 5.51. The molecule has 5 nitrogen and oxygen atoms in total.